The Hall–Kier alpha value is -2.71. The molecule has 0 heterocycles. The molecule has 2 rings (SSSR count). The quantitative estimate of drug-likeness (QED) is 0.396. The summed E-state index contributed by atoms with van der Waals surface area (Å²) in [7, 11) is 4.72. The molecular formula is C22H32N4O4. The van der Waals surface area contributed by atoms with E-state index in [0.29, 0.717) is 5.69 Å². The van der Waals surface area contributed by atoms with E-state index in [0.717, 1.165) is 25.7 Å². The fraction of sp³-hybridized carbons (Fsp3) is 0.500. The summed E-state index contributed by atoms with van der Waals surface area (Å²) in [6.45, 7) is 2.35. The average Bonchev–Trinajstić information content (AvgIpc) is 2.76. The minimum absolute atomic E-state index is 0.186. The van der Waals surface area contributed by atoms with E-state index in [2.05, 4.69) is 22.9 Å². The molecule has 0 radical (unpaired) electrons. The van der Waals surface area contributed by atoms with Crippen LogP contribution in [0.5, 0.6) is 0 Å². The number of hydrogen-bond donors (Lipinski definition) is 3. The van der Waals surface area contributed by atoms with Gasteiger partial charge in [-0.25, -0.2) is 9.69 Å². The lowest BCUT2D eigenvalue weighted by molar-refractivity contribution is -0.130. The number of carbonyl (C=O) groups is 3. The third-order valence-electron chi connectivity index (χ3n) is 5.31. The van der Waals surface area contributed by atoms with E-state index < -0.39 is 23.6 Å². The minimum atomic E-state index is -1.67. The summed E-state index contributed by atoms with van der Waals surface area (Å²) in [5, 5.41) is 8.63. The molecule has 0 aliphatic heterocycles. The highest BCUT2D eigenvalue weighted by molar-refractivity contribution is 6.19. The second-order valence-corrected chi connectivity index (χ2v) is 7.12. The zero-order valence-electron chi connectivity index (χ0n) is 18.2. The van der Waals surface area contributed by atoms with Gasteiger partial charge in [-0.15, -0.1) is 0 Å². The Kier molecular flexibility index (Phi) is 8.56. The van der Waals surface area contributed by atoms with E-state index in [9.17, 15) is 14.4 Å². The van der Waals surface area contributed by atoms with Crippen LogP contribution in [0.2, 0.25) is 0 Å². The fourth-order valence-corrected chi connectivity index (χ4v) is 3.74. The number of anilines is 1. The molecule has 2 unspecified atom stereocenters. The predicted octanol–water partition coefficient (Wildman–Crippen LogP) is 1.97. The number of benzene rings is 1. The van der Waals surface area contributed by atoms with Crippen molar-refractivity contribution in [1.82, 2.24) is 16.0 Å². The lowest BCUT2D eigenvalue weighted by atomic mass is 9.83. The molecule has 1 aliphatic rings. The number of amides is 1. The summed E-state index contributed by atoms with van der Waals surface area (Å²) >= 11 is 0. The third kappa shape index (κ3) is 4.55. The van der Waals surface area contributed by atoms with Crippen LogP contribution in [0.1, 0.15) is 32.6 Å². The SMILES string of the molecule is CCCCCCOC(=O)N(c1ccccc1)C1(NC)C(=O)C=C(NC)C(=O)C1NC. The molecule has 0 saturated heterocycles. The number of para-hydroxylation sites is 1. The van der Waals surface area contributed by atoms with E-state index in [-0.39, 0.29) is 18.1 Å². The van der Waals surface area contributed by atoms with Crippen LogP contribution >= 0.6 is 0 Å². The maximum atomic E-state index is 13.3. The summed E-state index contributed by atoms with van der Waals surface area (Å²) in [6, 6.07) is 7.73. The molecule has 1 amide bonds. The molecule has 8 nitrogen and oxygen atoms in total. The molecule has 0 spiro atoms. The van der Waals surface area contributed by atoms with Gasteiger partial charge in [-0.2, -0.15) is 0 Å². The number of ether oxygens (including phenoxy) is 1. The number of unbranched alkanes of at least 4 members (excludes halogenated alkanes) is 3. The number of nitrogens with one attached hydrogen (secondary N) is 3. The van der Waals surface area contributed by atoms with Crippen molar-refractivity contribution in [3.05, 3.63) is 42.1 Å². The minimum Gasteiger partial charge on any atom is -0.449 e. The van der Waals surface area contributed by atoms with Crippen LogP contribution in [0, 0.1) is 0 Å². The first-order valence-corrected chi connectivity index (χ1v) is 10.3. The first kappa shape index (κ1) is 23.6. The lowest BCUT2D eigenvalue weighted by Crippen LogP contribution is -2.77. The van der Waals surface area contributed by atoms with Gasteiger partial charge in [0.1, 0.15) is 6.04 Å². The molecule has 3 N–H and O–H groups in total. The Labute approximate surface area is 178 Å². The molecule has 0 fully saturated rings. The van der Waals surface area contributed by atoms with Gasteiger partial charge in [0.15, 0.2) is 11.4 Å². The van der Waals surface area contributed by atoms with Crippen molar-refractivity contribution < 1.29 is 19.1 Å². The highest BCUT2D eigenvalue weighted by atomic mass is 16.6. The number of rotatable bonds is 10. The summed E-state index contributed by atoms with van der Waals surface area (Å²) in [6.07, 6.45) is 4.38. The van der Waals surface area contributed by atoms with E-state index >= 15 is 0 Å². The maximum absolute atomic E-state index is 13.3. The number of nitrogens with zero attached hydrogens (tertiary/aromatic N) is 1. The Balaban J connectivity index is 2.49. The smallest absolute Gasteiger partial charge is 0.416 e. The van der Waals surface area contributed by atoms with E-state index in [1.807, 2.05) is 6.07 Å². The predicted molar refractivity (Wildman–Crippen MR) is 116 cm³/mol. The molecule has 1 aromatic rings. The van der Waals surface area contributed by atoms with E-state index in [1.165, 1.54) is 11.0 Å². The van der Waals surface area contributed by atoms with E-state index in [4.69, 9.17) is 4.74 Å². The topological polar surface area (TPSA) is 99.8 Å². The van der Waals surface area contributed by atoms with Gasteiger partial charge in [0.25, 0.3) is 0 Å². The van der Waals surface area contributed by atoms with Gasteiger partial charge in [-0.1, -0.05) is 44.4 Å². The Morgan fingerprint density at radius 2 is 1.80 bits per heavy atom. The number of Topliss-reactive ketones (excluding diaryl/α,β-unsaturated/α-hetero) is 1. The number of hydrogen-bond acceptors (Lipinski definition) is 7. The first-order valence-electron chi connectivity index (χ1n) is 10.3. The van der Waals surface area contributed by atoms with Crippen molar-refractivity contribution in [2.75, 3.05) is 32.6 Å². The molecule has 0 aromatic heterocycles. The largest absolute Gasteiger partial charge is 0.449 e. The third-order valence-corrected chi connectivity index (χ3v) is 5.31. The lowest BCUT2D eigenvalue weighted by Gasteiger charge is -2.47. The average molecular weight is 417 g/mol. The molecule has 8 heteroatoms. The number of carbonyl (C=O) groups excluding carboxylic acids is 3. The van der Waals surface area contributed by atoms with Crippen molar-refractivity contribution in [1.29, 1.82) is 0 Å². The molecule has 2 atom stereocenters. The fourth-order valence-electron chi connectivity index (χ4n) is 3.74. The molecule has 0 bridgehead atoms. The molecule has 30 heavy (non-hydrogen) atoms. The highest BCUT2D eigenvalue weighted by Crippen LogP contribution is 2.31. The molecular weight excluding hydrogens is 384 g/mol. The van der Waals surface area contributed by atoms with Gasteiger partial charge in [-0.05, 0) is 32.6 Å². The number of likely N-dealkylation sites (N-methyl/N-ethyl adjacent to an activating group) is 3. The summed E-state index contributed by atoms with van der Waals surface area (Å²) in [5.41, 5.74) is -1.03. The van der Waals surface area contributed by atoms with Crippen molar-refractivity contribution in [3.8, 4) is 0 Å². The van der Waals surface area contributed by atoms with Crippen LogP contribution < -0.4 is 20.9 Å². The second-order valence-electron chi connectivity index (χ2n) is 7.12. The maximum Gasteiger partial charge on any atom is 0.416 e. The Morgan fingerprint density at radius 3 is 2.37 bits per heavy atom. The summed E-state index contributed by atoms with van der Waals surface area (Å²) in [5.74, 6) is -0.759. The zero-order chi connectivity index (χ0) is 22.1. The zero-order valence-corrected chi connectivity index (χ0v) is 18.2. The Morgan fingerprint density at radius 1 is 1.10 bits per heavy atom. The monoisotopic (exact) mass is 416 g/mol. The first-order chi connectivity index (χ1) is 14.5. The molecule has 0 saturated carbocycles. The summed E-state index contributed by atoms with van der Waals surface area (Å²) in [4.78, 5) is 40.9. The van der Waals surface area contributed by atoms with Crippen LogP contribution in [0.15, 0.2) is 42.1 Å². The highest BCUT2D eigenvalue weighted by Gasteiger charge is 2.57. The van der Waals surface area contributed by atoms with Gasteiger partial charge in [0.2, 0.25) is 5.78 Å². The van der Waals surface area contributed by atoms with Gasteiger partial charge in [0.05, 0.1) is 12.3 Å². The van der Waals surface area contributed by atoms with E-state index in [1.54, 1.807) is 45.4 Å². The van der Waals surface area contributed by atoms with Gasteiger partial charge in [-0.3, -0.25) is 14.9 Å². The Bertz CT molecular complexity index is 781. The van der Waals surface area contributed by atoms with Crippen LogP contribution in [0.3, 0.4) is 0 Å². The standard InChI is InChI=1S/C22H32N4O4/c1-5-6-7-11-14-30-21(29)26(16-12-9-8-10-13-16)22(25-4)18(27)15-17(23-2)19(28)20(22)24-3/h8-10,12-13,15,20,23-25H,5-7,11,14H2,1-4H3. The second kappa shape index (κ2) is 10.9. The number of ketones is 2. The van der Waals surface area contributed by atoms with Crippen molar-refractivity contribution in [3.63, 3.8) is 0 Å². The van der Waals surface area contributed by atoms with Gasteiger partial charge >= 0.3 is 6.09 Å². The van der Waals surface area contributed by atoms with Crippen LogP contribution in [-0.2, 0) is 14.3 Å². The van der Waals surface area contributed by atoms with Crippen molar-refractivity contribution in [2.24, 2.45) is 0 Å². The summed E-state index contributed by atoms with van der Waals surface area (Å²) < 4.78 is 5.53. The van der Waals surface area contributed by atoms with Crippen LogP contribution in [0.4, 0.5) is 10.5 Å². The van der Waals surface area contributed by atoms with Gasteiger partial charge < -0.3 is 15.4 Å². The normalized spacial score (nSPS) is 21.2. The van der Waals surface area contributed by atoms with Crippen LogP contribution in [-0.4, -0.2) is 57.1 Å². The molecule has 164 valence electrons. The molecule has 1 aromatic carbocycles. The molecule has 1 aliphatic carbocycles. The van der Waals surface area contributed by atoms with Crippen LogP contribution in [0.25, 0.3) is 0 Å². The van der Waals surface area contributed by atoms with Gasteiger partial charge in [0, 0.05) is 18.8 Å². The van der Waals surface area contributed by atoms with Crippen molar-refractivity contribution in [2.45, 2.75) is 44.3 Å². The van der Waals surface area contributed by atoms with Crippen molar-refractivity contribution >= 4 is 23.3 Å².